The molecule has 6 heteroatoms. The average molecular weight is 353 g/mol. The summed E-state index contributed by atoms with van der Waals surface area (Å²) in [6, 6.07) is 17.4. The van der Waals surface area contributed by atoms with Gasteiger partial charge in [0.2, 0.25) is 5.91 Å². The predicted octanol–water partition coefficient (Wildman–Crippen LogP) is 1.83. The molecule has 0 spiro atoms. The van der Waals surface area contributed by atoms with Crippen LogP contribution in [0.2, 0.25) is 0 Å². The van der Waals surface area contributed by atoms with Gasteiger partial charge in [0.15, 0.2) is 0 Å². The number of amides is 2. The minimum absolute atomic E-state index is 0.191. The molecule has 3 N–H and O–H groups in total. The lowest BCUT2D eigenvalue weighted by Gasteiger charge is -2.33. The van der Waals surface area contributed by atoms with Crippen LogP contribution in [0, 0.1) is 5.41 Å². The number of hydroxylamine groups is 1. The molecule has 2 aromatic rings. The quantitative estimate of drug-likeness (QED) is 0.435. The van der Waals surface area contributed by atoms with Gasteiger partial charge in [-0.15, -0.1) is 0 Å². The number of nitrogens with zero attached hydrogens (tertiary/aromatic N) is 1. The van der Waals surface area contributed by atoms with Crippen LogP contribution in [0.4, 0.5) is 0 Å². The third-order valence-corrected chi connectivity index (χ3v) is 4.89. The largest absolute Gasteiger partial charge is 0.289 e. The summed E-state index contributed by atoms with van der Waals surface area (Å²) in [6.45, 7) is 2.80. The molecule has 0 fully saturated rings. The molecule has 3 rings (SSSR count). The van der Waals surface area contributed by atoms with Gasteiger partial charge in [-0.05, 0) is 36.5 Å². The summed E-state index contributed by atoms with van der Waals surface area (Å²) >= 11 is 0. The topological polar surface area (TPSA) is 81.7 Å². The van der Waals surface area contributed by atoms with E-state index in [1.165, 1.54) is 5.56 Å². The first-order chi connectivity index (χ1) is 12.5. The summed E-state index contributed by atoms with van der Waals surface area (Å²) in [5, 5.41) is 11.0. The van der Waals surface area contributed by atoms with Crippen LogP contribution in [0.15, 0.2) is 54.6 Å². The van der Waals surface area contributed by atoms with Crippen molar-refractivity contribution in [2.45, 2.75) is 26.3 Å². The summed E-state index contributed by atoms with van der Waals surface area (Å²) in [5.41, 5.74) is 6.36. The van der Waals surface area contributed by atoms with Crippen LogP contribution in [0.1, 0.15) is 23.6 Å². The van der Waals surface area contributed by atoms with Crippen LogP contribution in [0.3, 0.4) is 0 Å². The molecule has 2 aromatic carbocycles. The Bertz CT molecular complexity index is 794. The highest BCUT2D eigenvalue weighted by atomic mass is 16.5. The second kappa shape index (κ2) is 7.68. The molecule has 0 saturated heterocycles. The lowest BCUT2D eigenvalue weighted by atomic mass is 9.82. The number of hydrogen-bond donors (Lipinski definition) is 3. The number of nitrogens with one attached hydrogen (secondary N) is 2. The van der Waals surface area contributed by atoms with Crippen molar-refractivity contribution >= 4 is 11.8 Å². The van der Waals surface area contributed by atoms with Crippen molar-refractivity contribution in [2.24, 2.45) is 5.41 Å². The fourth-order valence-corrected chi connectivity index (χ4v) is 3.25. The molecule has 1 aliphatic rings. The van der Waals surface area contributed by atoms with E-state index in [1.807, 2.05) is 53.5 Å². The Morgan fingerprint density at radius 3 is 2.38 bits per heavy atom. The highest BCUT2D eigenvalue weighted by molar-refractivity contribution is 6.04. The molecular weight excluding hydrogens is 330 g/mol. The van der Waals surface area contributed by atoms with Crippen LogP contribution in [-0.4, -0.2) is 28.6 Å². The molecule has 136 valence electrons. The van der Waals surface area contributed by atoms with Crippen LogP contribution >= 0.6 is 0 Å². The smallest absolute Gasteiger partial charge is 0.259 e. The Hall–Kier alpha value is -2.70. The van der Waals surface area contributed by atoms with Gasteiger partial charge >= 0.3 is 0 Å². The highest BCUT2D eigenvalue weighted by Crippen LogP contribution is 2.25. The van der Waals surface area contributed by atoms with Crippen molar-refractivity contribution in [2.75, 3.05) is 6.54 Å². The van der Waals surface area contributed by atoms with E-state index in [1.54, 1.807) is 12.4 Å². The Morgan fingerprint density at radius 1 is 1.04 bits per heavy atom. The summed E-state index contributed by atoms with van der Waals surface area (Å²) in [7, 11) is 0. The SMILES string of the molecule is C[C@](Cc1ccccc1)(C(=O)NO)C(=O)NN1CCc2ccccc2C1. The van der Waals surface area contributed by atoms with Crippen LogP contribution in [-0.2, 0) is 29.0 Å². The standard InChI is InChI=1S/C20H23N3O3/c1-20(19(25)22-26,13-15-7-3-2-4-8-15)18(24)21-23-12-11-16-9-5-6-10-17(16)14-23/h2-10,26H,11-14H2,1H3,(H,21,24)(H,22,25)/t20-/m1/s1. The van der Waals surface area contributed by atoms with Gasteiger partial charge in [-0.1, -0.05) is 54.6 Å². The number of fused-ring (bicyclic) bond motifs is 1. The van der Waals surface area contributed by atoms with Gasteiger partial charge in [0.1, 0.15) is 5.41 Å². The predicted molar refractivity (Wildman–Crippen MR) is 96.9 cm³/mol. The maximum atomic E-state index is 12.9. The van der Waals surface area contributed by atoms with E-state index in [2.05, 4.69) is 11.5 Å². The molecule has 0 saturated carbocycles. The molecule has 0 unspecified atom stereocenters. The van der Waals surface area contributed by atoms with Crippen molar-refractivity contribution in [3.63, 3.8) is 0 Å². The third kappa shape index (κ3) is 3.76. The summed E-state index contributed by atoms with van der Waals surface area (Å²) in [4.78, 5) is 25.2. The van der Waals surface area contributed by atoms with E-state index in [4.69, 9.17) is 5.21 Å². The second-order valence-electron chi connectivity index (χ2n) is 6.82. The number of carbonyl (C=O) groups is 2. The number of carbonyl (C=O) groups excluding carboxylic acids is 2. The molecule has 2 amide bonds. The lowest BCUT2D eigenvalue weighted by Crippen LogP contribution is -2.55. The normalized spacial score (nSPS) is 16.2. The molecule has 6 nitrogen and oxygen atoms in total. The molecule has 0 aromatic heterocycles. The molecule has 26 heavy (non-hydrogen) atoms. The van der Waals surface area contributed by atoms with Gasteiger partial charge in [0.25, 0.3) is 5.91 Å². The zero-order valence-corrected chi connectivity index (χ0v) is 14.7. The molecule has 1 aliphatic heterocycles. The minimum atomic E-state index is -1.42. The van der Waals surface area contributed by atoms with Crippen LogP contribution in [0.25, 0.3) is 0 Å². The van der Waals surface area contributed by atoms with Gasteiger partial charge in [0, 0.05) is 13.1 Å². The number of hydrazine groups is 1. The van der Waals surface area contributed by atoms with Crippen molar-refractivity contribution in [3.8, 4) is 0 Å². The monoisotopic (exact) mass is 353 g/mol. The molecule has 0 bridgehead atoms. The van der Waals surface area contributed by atoms with E-state index in [0.717, 1.165) is 17.5 Å². The van der Waals surface area contributed by atoms with Crippen LogP contribution in [0.5, 0.6) is 0 Å². The Kier molecular flexibility index (Phi) is 5.35. The van der Waals surface area contributed by atoms with Gasteiger partial charge in [-0.3, -0.25) is 20.2 Å². The summed E-state index contributed by atoms with van der Waals surface area (Å²) in [5.74, 6) is -1.16. The maximum absolute atomic E-state index is 12.9. The van der Waals surface area contributed by atoms with Crippen molar-refractivity contribution in [1.82, 2.24) is 15.9 Å². The van der Waals surface area contributed by atoms with Crippen molar-refractivity contribution in [1.29, 1.82) is 0 Å². The fraction of sp³-hybridized carbons (Fsp3) is 0.300. The Morgan fingerprint density at radius 2 is 1.69 bits per heavy atom. The van der Waals surface area contributed by atoms with Gasteiger partial charge in [-0.25, -0.2) is 10.5 Å². The number of rotatable bonds is 5. The summed E-state index contributed by atoms with van der Waals surface area (Å²) in [6.07, 6.45) is 1.02. The Labute approximate surface area is 152 Å². The molecule has 1 heterocycles. The first-order valence-electron chi connectivity index (χ1n) is 8.64. The second-order valence-corrected chi connectivity index (χ2v) is 6.82. The lowest BCUT2D eigenvalue weighted by molar-refractivity contribution is -0.150. The van der Waals surface area contributed by atoms with Gasteiger partial charge < -0.3 is 0 Å². The van der Waals surface area contributed by atoms with Crippen molar-refractivity contribution in [3.05, 3.63) is 71.3 Å². The molecule has 0 aliphatic carbocycles. The average Bonchev–Trinajstić information content (AvgIpc) is 2.67. The number of hydrogen-bond acceptors (Lipinski definition) is 4. The van der Waals surface area contributed by atoms with E-state index in [9.17, 15) is 9.59 Å². The zero-order chi connectivity index (χ0) is 18.6. The molecular formula is C20H23N3O3. The van der Waals surface area contributed by atoms with E-state index in [-0.39, 0.29) is 6.42 Å². The van der Waals surface area contributed by atoms with E-state index < -0.39 is 17.2 Å². The van der Waals surface area contributed by atoms with Crippen LogP contribution < -0.4 is 10.9 Å². The highest BCUT2D eigenvalue weighted by Gasteiger charge is 2.42. The Balaban J connectivity index is 1.75. The first-order valence-corrected chi connectivity index (χ1v) is 8.64. The minimum Gasteiger partial charge on any atom is -0.289 e. The molecule has 1 atom stereocenters. The van der Waals surface area contributed by atoms with Gasteiger partial charge in [-0.2, -0.15) is 0 Å². The maximum Gasteiger partial charge on any atom is 0.259 e. The van der Waals surface area contributed by atoms with E-state index >= 15 is 0 Å². The fourth-order valence-electron chi connectivity index (χ4n) is 3.25. The number of benzene rings is 2. The summed E-state index contributed by atoms with van der Waals surface area (Å²) < 4.78 is 0. The van der Waals surface area contributed by atoms with E-state index in [0.29, 0.717) is 13.1 Å². The first kappa shape index (κ1) is 18.1. The zero-order valence-electron chi connectivity index (χ0n) is 14.7. The third-order valence-electron chi connectivity index (χ3n) is 4.89. The van der Waals surface area contributed by atoms with Crippen molar-refractivity contribution < 1.29 is 14.8 Å². The molecule has 0 radical (unpaired) electrons. The van der Waals surface area contributed by atoms with Gasteiger partial charge in [0.05, 0.1) is 0 Å².